The average molecular weight is 312 g/mol. The molecule has 0 aliphatic carbocycles. The first-order valence-corrected chi connectivity index (χ1v) is 7.95. The highest BCUT2D eigenvalue weighted by molar-refractivity contribution is 5.86. The van der Waals surface area contributed by atoms with Gasteiger partial charge in [0.2, 0.25) is 5.60 Å². The van der Waals surface area contributed by atoms with Crippen LogP contribution in [0.15, 0.2) is 60.7 Å². The summed E-state index contributed by atoms with van der Waals surface area (Å²) < 4.78 is 6.10. The van der Waals surface area contributed by atoms with E-state index in [0.29, 0.717) is 5.75 Å². The topological polar surface area (TPSA) is 41.6 Å². The predicted octanol–water partition coefficient (Wildman–Crippen LogP) is 3.35. The first-order chi connectivity index (χ1) is 11.1. The second kappa shape index (κ2) is 7.79. The Bertz CT molecular complexity index is 612. The van der Waals surface area contributed by atoms with Gasteiger partial charge in [-0.25, -0.2) is 5.01 Å². The highest BCUT2D eigenvalue weighted by atomic mass is 16.5. The lowest BCUT2D eigenvalue weighted by Crippen LogP contribution is -2.52. The average Bonchev–Trinajstić information content (AvgIpc) is 2.61. The molecule has 0 fully saturated rings. The first kappa shape index (κ1) is 17.0. The third kappa shape index (κ3) is 4.11. The third-order valence-corrected chi connectivity index (χ3v) is 3.85. The lowest BCUT2D eigenvalue weighted by atomic mass is 9.94. The van der Waals surface area contributed by atoms with E-state index in [9.17, 15) is 4.79 Å². The second-order valence-electron chi connectivity index (χ2n) is 5.43. The van der Waals surface area contributed by atoms with Crippen LogP contribution in [0, 0.1) is 0 Å². The zero-order valence-corrected chi connectivity index (χ0v) is 14.0. The van der Waals surface area contributed by atoms with Crippen LogP contribution in [-0.4, -0.2) is 24.0 Å². The maximum atomic E-state index is 12.9. The van der Waals surface area contributed by atoms with Crippen molar-refractivity contribution in [3.63, 3.8) is 0 Å². The van der Waals surface area contributed by atoms with Crippen LogP contribution < -0.4 is 10.2 Å². The summed E-state index contributed by atoms with van der Waals surface area (Å²) in [4.78, 5) is 12.9. The van der Waals surface area contributed by atoms with Gasteiger partial charge >= 0.3 is 0 Å². The summed E-state index contributed by atoms with van der Waals surface area (Å²) in [6, 6.07) is 19.0. The standard InChI is InChI=1S/C19H24N2O2/c1-4-21(5-2)20-18(22)19(3,16-12-8-6-9-13-16)23-17-14-10-7-11-15-17/h6-15H,4-5H2,1-3H3,(H,20,22). The summed E-state index contributed by atoms with van der Waals surface area (Å²) in [6.45, 7) is 7.27. The normalized spacial score (nSPS) is 13.4. The molecule has 1 amide bonds. The molecule has 0 bridgehead atoms. The monoisotopic (exact) mass is 312 g/mol. The molecule has 0 saturated heterocycles. The van der Waals surface area contributed by atoms with Gasteiger partial charge in [0.05, 0.1) is 0 Å². The fourth-order valence-corrected chi connectivity index (χ4v) is 2.35. The number of amides is 1. The van der Waals surface area contributed by atoms with E-state index in [0.717, 1.165) is 18.7 Å². The molecule has 1 N–H and O–H groups in total. The van der Waals surface area contributed by atoms with Gasteiger partial charge < -0.3 is 4.74 Å². The van der Waals surface area contributed by atoms with Crippen molar-refractivity contribution in [2.24, 2.45) is 0 Å². The Balaban J connectivity index is 2.33. The molecule has 23 heavy (non-hydrogen) atoms. The number of carbonyl (C=O) groups excluding carboxylic acids is 1. The van der Waals surface area contributed by atoms with E-state index in [1.165, 1.54) is 0 Å². The smallest absolute Gasteiger partial charge is 0.282 e. The summed E-state index contributed by atoms with van der Waals surface area (Å²) in [7, 11) is 0. The van der Waals surface area contributed by atoms with Gasteiger partial charge in [-0.2, -0.15) is 0 Å². The number of rotatable bonds is 7. The molecular formula is C19H24N2O2. The molecule has 1 atom stereocenters. The highest BCUT2D eigenvalue weighted by Gasteiger charge is 2.38. The molecule has 122 valence electrons. The molecule has 2 aromatic carbocycles. The molecule has 4 heteroatoms. The number of carbonyl (C=O) groups is 1. The van der Waals surface area contributed by atoms with Crippen molar-refractivity contribution in [2.45, 2.75) is 26.4 Å². The Hall–Kier alpha value is -2.33. The van der Waals surface area contributed by atoms with Crippen LogP contribution in [0.5, 0.6) is 5.75 Å². The van der Waals surface area contributed by atoms with Crippen LogP contribution in [0.2, 0.25) is 0 Å². The van der Waals surface area contributed by atoms with Gasteiger partial charge in [0.25, 0.3) is 5.91 Å². The van der Waals surface area contributed by atoms with Crippen molar-refractivity contribution in [1.29, 1.82) is 0 Å². The Labute approximate surface area is 138 Å². The van der Waals surface area contributed by atoms with Gasteiger partial charge in [-0.15, -0.1) is 0 Å². The second-order valence-corrected chi connectivity index (χ2v) is 5.43. The van der Waals surface area contributed by atoms with Crippen molar-refractivity contribution >= 4 is 5.91 Å². The fraction of sp³-hybridized carbons (Fsp3) is 0.316. The van der Waals surface area contributed by atoms with Crippen LogP contribution in [0.3, 0.4) is 0 Å². The van der Waals surface area contributed by atoms with Crippen LogP contribution in [-0.2, 0) is 10.4 Å². The third-order valence-electron chi connectivity index (χ3n) is 3.85. The molecule has 2 aromatic rings. The summed E-state index contributed by atoms with van der Waals surface area (Å²) in [5.41, 5.74) is 2.65. The number of benzene rings is 2. The summed E-state index contributed by atoms with van der Waals surface area (Å²) in [5, 5.41) is 1.86. The molecule has 0 aromatic heterocycles. The molecule has 0 saturated carbocycles. The van der Waals surface area contributed by atoms with Crippen LogP contribution in [0.4, 0.5) is 0 Å². The number of hydrogen-bond acceptors (Lipinski definition) is 3. The van der Waals surface area contributed by atoms with E-state index in [1.54, 1.807) is 6.92 Å². The Morgan fingerprint density at radius 1 is 1.00 bits per heavy atom. The predicted molar refractivity (Wildman–Crippen MR) is 91.9 cm³/mol. The number of hydrazine groups is 1. The van der Waals surface area contributed by atoms with Crippen molar-refractivity contribution in [3.8, 4) is 5.75 Å². The maximum absolute atomic E-state index is 12.9. The molecule has 0 heterocycles. The minimum absolute atomic E-state index is 0.184. The van der Waals surface area contributed by atoms with E-state index in [4.69, 9.17) is 4.74 Å². The van der Waals surface area contributed by atoms with Gasteiger partial charge in [-0.3, -0.25) is 10.2 Å². The zero-order chi connectivity index (χ0) is 16.7. The number of hydrogen-bond donors (Lipinski definition) is 1. The van der Waals surface area contributed by atoms with Gasteiger partial charge in [-0.1, -0.05) is 62.4 Å². The van der Waals surface area contributed by atoms with Gasteiger partial charge in [0.15, 0.2) is 0 Å². The SMILES string of the molecule is CCN(CC)NC(=O)C(C)(Oc1ccccc1)c1ccccc1. The number of nitrogens with zero attached hydrogens (tertiary/aromatic N) is 1. The minimum Gasteiger partial charge on any atom is -0.473 e. The number of nitrogens with one attached hydrogen (secondary N) is 1. The minimum atomic E-state index is -1.11. The lowest BCUT2D eigenvalue weighted by molar-refractivity contribution is -0.141. The van der Waals surface area contributed by atoms with Crippen molar-refractivity contribution in [3.05, 3.63) is 66.2 Å². The van der Waals surface area contributed by atoms with E-state index < -0.39 is 5.60 Å². The van der Waals surface area contributed by atoms with E-state index in [2.05, 4.69) is 5.43 Å². The Morgan fingerprint density at radius 3 is 2.04 bits per heavy atom. The maximum Gasteiger partial charge on any atom is 0.282 e. The van der Waals surface area contributed by atoms with Crippen LogP contribution in [0.25, 0.3) is 0 Å². The van der Waals surface area contributed by atoms with Gasteiger partial charge in [-0.05, 0) is 19.1 Å². The number of ether oxygens (including phenoxy) is 1. The van der Waals surface area contributed by atoms with Crippen LogP contribution in [0.1, 0.15) is 26.3 Å². The fourth-order valence-electron chi connectivity index (χ4n) is 2.35. The molecular weight excluding hydrogens is 288 g/mol. The summed E-state index contributed by atoms with van der Waals surface area (Å²) in [6.07, 6.45) is 0. The van der Waals surface area contributed by atoms with E-state index >= 15 is 0 Å². The number of para-hydroxylation sites is 1. The molecule has 0 aliphatic heterocycles. The Kier molecular flexibility index (Phi) is 5.77. The Morgan fingerprint density at radius 2 is 1.52 bits per heavy atom. The van der Waals surface area contributed by atoms with Gasteiger partial charge in [0, 0.05) is 18.7 Å². The van der Waals surface area contributed by atoms with Crippen molar-refractivity contribution < 1.29 is 9.53 Å². The van der Waals surface area contributed by atoms with Crippen molar-refractivity contribution in [1.82, 2.24) is 10.4 Å². The van der Waals surface area contributed by atoms with E-state index in [1.807, 2.05) is 79.5 Å². The first-order valence-electron chi connectivity index (χ1n) is 7.95. The lowest BCUT2D eigenvalue weighted by Gasteiger charge is -2.32. The van der Waals surface area contributed by atoms with Gasteiger partial charge in [0.1, 0.15) is 5.75 Å². The largest absolute Gasteiger partial charge is 0.473 e. The van der Waals surface area contributed by atoms with Crippen LogP contribution >= 0.6 is 0 Å². The quantitative estimate of drug-likeness (QED) is 0.797. The molecule has 4 nitrogen and oxygen atoms in total. The highest BCUT2D eigenvalue weighted by Crippen LogP contribution is 2.28. The molecule has 0 radical (unpaired) electrons. The zero-order valence-electron chi connectivity index (χ0n) is 14.0. The molecule has 0 spiro atoms. The molecule has 1 unspecified atom stereocenters. The summed E-state index contributed by atoms with van der Waals surface area (Å²) in [5.74, 6) is 0.477. The van der Waals surface area contributed by atoms with E-state index in [-0.39, 0.29) is 5.91 Å². The summed E-state index contributed by atoms with van der Waals surface area (Å²) >= 11 is 0. The molecule has 2 rings (SSSR count). The van der Waals surface area contributed by atoms with Crippen molar-refractivity contribution in [2.75, 3.05) is 13.1 Å². The molecule has 0 aliphatic rings.